The molecule has 0 bridgehead atoms. The van der Waals surface area contributed by atoms with Crippen LogP contribution in [0.25, 0.3) is 0 Å². The van der Waals surface area contributed by atoms with Crippen LogP contribution in [0.5, 0.6) is 0 Å². The predicted octanol–water partition coefficient (Wildman–Crippen LogP) is 1.23. The average Bonchev–Trinajstić information content (AvgIpc) is 2.46. The third-order valence-electron chi connectivity index (χ3n) is 3.32. The Morgan fingerprint density at radius 1 is 1.25 bits per heavy atom. The zero-order valence-electron chi connectivity index (χ0n) is 10.8. The van der Waals surface area contributed by atoms with Crippen LogP contribution < -0.4 is 5.73 Å². The topological polar surface area (TPSA) is 66.6 Å². The van der Waals surface area contributed by atoms with E-state index in [1.807, 2.05) is 4.90 Å². The third-order valence-corrected chi connectivity index (χ3v) is 3.87. The van der Waals surface area contributed by atoms with Gasteiger partial charge in [-0.3, -0.25) is 9.69 Å². The van der Waals surface area contributed by atoms with Gasteiger partial charge in [-0.2, -0.15) is 0 Å². The molecule has 108 valence electrons. The molecule has 1 unspecified atom stereocenters. The van der Waals surface area contributed by atoms with Gasteiger partial charge in [0.1, 0.15) is 6.17 Å². The highest BCUT2D eigenvalue weighted by atomic mass is 35.5. The van der Waals surface area contributed by atoms with Gasteiger partial charge in [-0.05, 0) is 18.2 Å². The van der Waals surface area contributed by atoms with E-state index < -0.39 is 6.17 Å². The molecule has 1 amide bonds. The van der Waals surface area contributed by atoms with Crippen LogP contribution in [-0.2, 0) is 4.79 Å². The Labute approximate surface area is 127 Å². The number of halogens is 2. The van der Waals surface area contributed by atoms with E-state index in [4.69, 9.17) is 28.9 Å². The standard InChI is InChI=1S/C13H15Cl2N3O2/c14-9-1-2-10(11(15)7-9)13(20)18-5-3-17(4-6-18)12(16)8-19/h1-2,7-8,12H,3-6,16H2. The smallest absolute Gasteiger partial charge is 0.255 e. The van der Waals surface area contributed by atoms with Crippen molar-refractivity contribution in [3.05, 3.63) is 33.8 Å². The van der Waals surface area contributed by atoms with Crippen molar-refractivity contribution in [2.75, 3.05) is 26.2 Å². The molecule has 0 spiro atoms. The summed E-state index contributed by atoms with van der Waals surface area (Å²) < 4.78 is 0. The van der Waals surface area contributed by atoms with Crippen molar-refractivity contribution < 1.29 is 9.59 Å². The summed E-state index contributed by atoms with van der Waals surface area (Å²) in [7, 11) is 0. The number of benzene rings is 1. The molecule has 5 nitrogen and oxygen atoms in total. The van der Waals surface area contributed by atoms with Gasteiger partial charge in [0.25, 0.3) is 5.91 Å². The molecule has 1 aliphatic heterocycles. The Bertz CT molecular complexity index is 516. The van der Waals surface area contributed by atoms with Crippen molar-refractivity contribution in [3.8, 4) is 0 Å². The lowest BCUT2D eigenvalue weighted by molar-refractivity contribution is -0.112. The van der Waals surface area contributed by atoms with E-state index in [2.05, 4.69) is 0 Å². The fourth-order valence-corrected chi connectivity index (χ4v) is 2.63. The van der Waals surface area contributed by atoms with Crippen LogP contribution in [-0.4, -0.2) is 54.3 Å². The lowest BCUT2D eigenvalue weighted by Gasteiger charge is -2.36. The Morgan fingerprint density at radius 2 is 1.90 bits per heavy atom. The molecule has 1 heterocycles. The summed E-state index contributed by atoms with van der Waals surface area (Å²) in [4.78, 5) is 26.5. The number of aldehydes is 1. The van der Waals surface area contributed by atoms with Crippen molar-refractivity contribution in [3.63, 3.8) is 0 Å². The number of nitrogens with zero attached hydrogens (tertiary/aromatic N) is 2. The Hall–Kier alpha value is -1.14. The number of nitrogens with two attached hydrogens (primary N) is 1. The van der Waals surface area contributed by atoms with Gasteiger partial charge in [0.15, 0.2) is 6.29 Å². The summed E-state index contributed by atoms with van der Waals surface area (Å²) in [5, 5.41) is 0.836. The van der Waals surface area contributed by atoms with Crippen molar-refractivity contribution in [1.82, 2.24) is 9.80 Å². The van der Waals surface area contributed by atoms with E-state index >= 15 is 0 Å². The Kier molecular flexibility index (Phi) is 4.99. The molecule has 20 heavy (non-hydrogen) atoms. The van der Waals surface area contributed by atoms with Gasteiger partial charge in [0.2, 0.25) is 0 Å². The molecule has 0 radical (unpaired) electrons. The van der Waals surface area contributed by atoms with Gasteiger partial charge in [-0.1, -0.05) is 23.2 Å². The zero-order valence-corrected chi connectivity index (χ0v) is 12.3. The maximum atomic E-state index is 12.4. The van der Waals surface area contributed by atoms with Gasteiger partial charge >= 0.3 is 0 Å². The molecular weight excluding hydrogens is 301 g/mol. The highest BCUT2D eigenvalue weighted by molar-refractivity contribution is 6.36. The van der Waals surface area contributed by atoms with E-state index in [9.17, 15) is 9.59 Å². The highest BCUT2D eigenvalue weighted by Crippen LogP contribution is 2.22. The first-order chi connectivity index (χ1) is 9.52. The van der Waals surface area contributed by atoms with E-state index in [-0.39, 0.29) is 5.91 Å². The number of rotatable bonds is 3. The van der Waals surface area contributed by atoms with Crippen LogP contribution >= 0.6 is 23.2 Å². The molecule has 1 saturated heterocycles. The minimum Gasteiger partial charge on any atom is -0.336 e. The molecular formula is C13H15Cl2N3O2. The fourth-order valence-electron chi connectivity index (χ4n) is 2.14. The van der Waals surface area contributed by atoms with Gasteiger partial charge in [-0.15, -0.1) is 0 Å². The normalized spacial score (nSPS) is 17.9. The number of hydrogen-bond donors (Lipinski definition) is 1. The van der Waals surface area contributed by atoms with Crippen LogP contribution in [0.4, 0.5) is 0 Å². The second-order valence-electron chi connectivity index (χ2n) is 4.58. The van der Waals surface area contributed by atoms with E-state index in [0.29, 0.717) is 48.1 Å². The number of piperazine rings is 1. The molecule has 1 fully saturated rings. The van der Waals surface area contributed by atoms with Crippen molar-refractivity contribution in [1.29, 1.82) is 0 Å². The zero-order chi connectivity index (χ0) is 14.7. The molecule has 0 saturated carbocycles. The lowest BCUT2D eigenvalue weighted by atomic mass is 10.1. The first kappa shape index (κ1) is 15.3. The summed E-state index contributed by atoms with van der Waals surface area (Å²) in [6, 6.07) is 4.81. The summed E-state index contributed by atoms with van der Waals surface area (Å²) >= 11 is 11.9. The fraction of sp³-hybridized carbons (Fsp3) is 0.385. The molecule has 7 heteroatoms. The van der Waals surface area contributed by atoms with Gasteiger partial charge < -0.3 is 15.4 Å². The van der Waals surface area contributed by atoms with Crippen molar-refractivity contribution in [2.45, 2.75) is 6.17 Å². The summed E-state index contributed by atoms with van der Waals surface area (Å²) in [5.41, 5.74) is 6.07. The highest BCUT2D eigenvalue weighted by Gasteiger charge is 2.25. The maximum absolute atomic E-state index is 12.4. The number of carbonyl (C=O) groups excluding carboxylic acids is 2. The second kappa shape index (κ2) is 6.54. The molecule has 1 aromatic rings. The van der Waals surface area contributed by atoms with Gasteiger partial charge in [-0.25, -0.2) is 0 Å². The number of hydrogen-bond acceptors (Lipinski definition) is 4. The summed E-state index contributed by atoms with van der Waals surface area (Å²) in [6.45, 7) is 2.16. The Morgan fingerprint density at radius 3 is 2.45 bits per heavy atom. The minimum atomic E-state index is -0.605. The maximum Gasteiger partial charge on any atom is 0.255 e. The number of carbonyl (C=O) groups is 2. The second-order valence-corrected chi connectivity index (χ2v) is 5.42. The largest absolute Gasteiger partial charge is 0.336 e. The monoisotopic (exact) mass is 315 g/mol. The molecule has 2 N–H and O–H groups in total. The van der Waals surface area contributed by atoms with Gasteiger partial charge in [0, 0.05) is 31.2 Å². The van der Waals surface area contributed by atoms with Crippen molar-refractivity contribution in [2.24, 2.45) is 5.73 Å². The molecule has 0 aromatic heterocycles. The van der Waals surface area contributed by atoms with E-state index in [1.165, 1.54) is 0 Å². The quantitative estimate of drug-likeness (QED) is 0.852. The summed E-state index contributed by atoms with van der Waals surface area (Å²) in [6.07, 6.45) is 0.0967. The Balaban J connectivity index is 2.03. The van der Waals surface area contributed by atoms with Crippen LogP contribution in [0.15, 0.2) is 18.2 Å². The SMILES string of the molecule is NC(C=O)N1CCN(C(=O)c2ccc(Cl)cc2Cl)CC1. The van der Waals surface area contributed by atoms with Crippen LogP contribution in [0.3, 0.4) is 0 Å². The predicted molar refractivity (Wildman–Crippen MR) is 78.0 cm³/mol. The third kappa shape index (κ3) is 3.30. The first-order valence-corrected chi connectivity index (χ1v) is 6.98. The molecule has 0 aliphatic carbocycles. The van der Waals surface area contributed by atoms with Crippen LogP contribution in [0.1, 0.15) is 10.4 Å². The van der Waals surface area contributed by atoms with E-state index in [1.54, 1.807) is 23.1 Å². The molecule has 1 aromatic carbocycles. The average molecular weight is 316 g/mol. The molecule has 1 atom stereocenters. The minimum absolute atomic E-state index is 0.133. The van der Waals surface area contributed by atoms with Gasteiger partial charge in [0.05, 0.1) is 10.6 Å². The summed E-state index contributed by atoms with van der Waals surface area (Å²) in [5.74, 6) is -0.133. The van der Waals surface area contributed by atoms with Crippen LogP contribution in [0.2, 0.25) is 10.0 Å². The number of amides is 1. The van der Waals surface area contributed by atoms with Crippen LogP contribution in [0, 0.1) is 0 Å². The molecule has 2 rings (SSSR count). The molecule has 1 aliphatic rings. The van der Waals surface area contributed by atoms with E-state index in [0.717, 1.165) is 0 Å². The lowest BCUT2D eigenvalue weighted by Crippen LogP contribution is -2.55. The first-order valence-electron chi connectivity index (χ1n) is 6.22. The van der Waals surface area contributed by atoms with Crippen molar-refractivity contribution >= 4 is 35.4 Å².